The normalized spacial score (nSPS) is 16.0. The summed E-state index contributed by atoms with van der Waals surface area (Å²) in [6, 6.07) is -2.73. The van der Waals surface area contributed by atoms with Crippen LogP contribution in [0.1, 0.15) is 71.1 Å². The lowest BCUT2D eigenvalue weighted by molar-refractivity contribution is -0.553. The average molecular weight is 387 g/mol. The molecule has 0 saturated carbocycles. The van der Waals surface area contributed by atoms with Gasteiger partial charge in [0.2, 0.25) is 12.1 Å². The van der Waals surface area contributed by atoms with Crippen molar-refractivity contribution in [2.75, 3.05) is 0 Å². The van der Waals surface area contributed by atoms with Crippen LogP contribution in [0.4, 0.5) is 0 Å². The van der Waals surface area contributed by atoms with E-state index in [1.165, 1.54) is 6.92 Å². The van der Waals surface area contributed by atoms with Crippen LogP contribution in [0, 0.1) is 20.2 Å². The Labute approximate surface area is 159 Å². The van der Waals surface area contributed by atoms with Crippen molar-refractivity contribution < 1.29 is 24.9 Å². The molecule has 0 bridgehead atoms. The molecule has 0 saturated heterocycles. The Balaban J connectivity index is 4.25. The summed E-state index contributed by atoms with van der Waals surface area (Å²) in [4.78, 5) is 30.7. The van der Waals surface area contributed by atoms with Crippen molar-refractivity contribution in [1.29, 1.82) is 0 Å². The molecule has 27 heavy (non-hydrogen) atoms. The molecule has 0 amide bonds. The zero-order valence-electron chi connectivity index (χ0n) is 15.9. The summed E-state index contributed by atoms with van der Waals surface area (Å²) < 4.78 is 0. The summed E-state index contributed by atoms with van der Waals surface area (Å²) in [6.45, 7) is 1.53. The number of nitro groups is 2. The summed E-state index contributed by atoms with van der Waals surface area (Å²) in [5, 5.41) is 41.9. The van der Waals surface area contributed by atoms with Gasteiger partial charge in [0.25, 0.3) is 0 Å². The molecule has 0 spiro atoms. The summed E-state index contributed by atoms with van der Waals surface area (Å²) in [5.74, 6) is 0. The van der Waals surface area contributed by atoms with Crippen LogP contribution in [0.3, 0.4) is 0 Å². The first kappa shape index (κ1) is 25.1. The molecule has 0 fully saturated rings. The maximum atomic E-state index is 11.2. The second kappa shape index (κ2) is 15.2. The van der Waals surface area contributed by atoms with Crippen LogP contribution in [0.2, 0.25) is 0 Å². The molecule has 2 N–H and O–H groups in total. The van der Waals surface area contributed by atoms with Crippen LogP contribution in [0.15, 0.2) is 12.2 Å². The minimum absolute atomic E-state index is 0.0575. The quantitative estimate of drug-likeness (QED) is 0.169. The van der Waals surface area contributed by atoms with E-state index in [1.54, 1.807) is 6.08 Å². The lowest BCUT2D eigenvalue weighted by Crippen LogP contribution is -2.42. The molecule has 0 aliphatic heterocycles. The zero-order chi connectivity index (χ0) is 20.7. The highest BCUT2D eigenvalue weighted by atomic mass is 16.6. The van der Waals surface area contributed by atoms with E-state index in [1.807, 2.05) is 12.4 Å². The number of hydrogen-bond acceptors (Lipinski definition) is 7. The fourth-order valence-electron chi connectivity index (χ4n) is 2.85. The third kappa shape index (κ3) is 11.4. The van der Waals surface area contributed by atoms with E-state index in [-0.39, 0.29) is 12.8 Å². The number of nitrogens with zero attached hydrogens (tertiary/aromatic N) is 2. The fourth-order valence-corrected chi connectivity index (χ4v) is 2.85. The first-order valence-electron chi connectivity index (χ1n) is 9.48. The first-order chi connectivity index (χ1) is 12.8. The van der Waals surface area contributed by atoms with Crippen LogP contribution < -0.4 is 0 Å². The Morgan fingerprint density at radius 3 is 2.07 bits per heavy atom. The fraction of sp³-hybridized carbons (Fsp3) is 0.833. The molecular weight excluding hydrogens is 356 g/mol. The maximum Gasteiger partial charge on any atom is 0.241 e. The lowest BCUT2D eigenvalue weighted by atomic mass is 9.96. The Morgan fingerprint density at radius 2 is 1.52 bits per heavy atom. The van der Waals surface area contributed by atoms with E-state index >= 15 is 0 Å². The van der Waals surface area contributed by atoms with Gasteiger partial charge in [0.05, 0.1) is 6.42 Å². The standard InChI is InChI=1S/C18H31N2O7/c1-2-15(19(24)25)18(23)14-16(20(26)27)17(22)12-10-8-6-4-3-5-7-9-11-13-21/h8,10,15-18,22-23H,2-7,9,11-12,14H2,1H3/b10-8-. The average Bonchev–Trinajstić information content (AvgIpc) is 2.61. The number of hydrogen-bond donors (Lipinski definition) is 2. The van der Waals surface area contributed by atoms with E-state index in [0.717, 1.165) is 38.5 Å². The van der Waals surface area contributed by atoms with E-state index in [9.17, 15) is 35.2 Å². The largest absolute Gasteiger partial charge is 0.386 e. The van der Waals surface area contributed by atoms with E-state index in [4.69, 9.17) is 0 Å². The summed E-state index contributed by atoms with van der Waals surface area (Å²) in [5.41, 5.74) is 0. The maximum absolute atomic E-state index is 11.2. The Bertz CT molecular complexity index is 471. The summed E-state index contributed by atoms with van der Waals surface area (Å²) in [7, 11) is 0. The van der Waals surface area contributed by atoms with Crippen LogP contribution in [0.5, 0.6) is 0 Å². The molecule has 155 valence electrons. The molecule has 0 rings (SSSR count). The predicted molar refractivity (Wildman–Crippen MR) is 100 cm³/mol. The molecule has 0 aliphatic carbocycles. The van der Waals surface area contributed by atoms with Gasteiger partial charge in [-0.1, -0.05) is 38.3 Å². The summed E-state index contributed by atoms with van der Waals surface area (Å²) >= 11 is 0. The third-order valence-corrected chi connectivity index (χ3v) is 4.53. The van der Waals surface area contributed by atoms with Crippen molar-refractivity contribution in [1.82, 2.24) is 0 Å². The lowest BCUT2D eigenvalue weighted by Gasteiger charge is -2.19. The molecular formula is C18H31N2O7. The van der Waals surface area contributed by atoms with Gasteiger partial charge in [-0.15, -0.1) is 0 Å². The molecule has 0 aromatic carbocycles. The number of aliphatic hydroxyl groups excluding tert-OH is 2. The second-order valence-electron chi connectivity index (χ2n) is 6.64. The monoisotopic (exact) mass is 387 g/mol. The second-order valence-corrected chi connectivity index (χ2v) is 6.64. The van der Waals surface area contributed by atoms with Gasteiger partial charge in [0.1, 0.15) is 12.2 Å². The predicted octanol–water partition coefficient (Wildman–Crippen LogP) is 2.59. The van der Waals surface area contributed by atoms with E-state index in [0.29, 0.717) is 6.42 Å². The number of rotatable bonds is 17. The van der Waals surface area contributed by atoms with Crippen LogP contribution in [0.25, 0.3) is 0 Å². The van der Waals surface area contributed by atoms with Gasteiger partial charge in [-0.2, -0.15) is 0 Å². The van der Waals surface area contributed by atoms with Gasteiger partial charge in [0, 0.05) is 22.7 Å². The number of allylic oxidation sites excluding steroid dienone is 1. The molecule has 1 radical (unpaired) electrons. The first-order valence-corrected chi connectivity index (χ1v) is 9.48. The third-order valence-electron chi connectivity index (χ3n) is 4.53. The smallest absolute Gasteiger partial charge is 0.241 e. The molecule has 4 atom stereocenters. The molecule has 9 heteroatoms. The minimum atomic E-state index is -1.48. The topological polar surface area (TPSA) is 144 Å². The summed E-state index contributed by atoms with van der Waals surface area (Å²) in [6.07, 6.45) is 8.37. The van der Waals surface area contributed by atoms with Crippen LogP contribution >= 0.6 is 0 Å². The Hall–Kier alpha value is -1.87. The zero-order valence-corrected chi connectivity index (χ0v) is 15.9. The Kier molecular flexibility index (Phi) is 14.2. The van der Waals surface area contributed by atoms with Gasteiger partial charge in [-0.25, -0.2) is 0 Å². The van der Waals surface area contributed by atoms with Crippen molar-refractivity contribution in [2.45, 2.75) is 95.4 Å². The van der Waals surface area contributed by atoms with Crippen molar-refractivity contribution in [2.24, 2.45) is 0 Å². The minimum Gasteiger partial charge on any atom is -0.386 e. The molecule has 4 unspecified atom stereocenters. The van der Waals surface area contributed by atoms with Gasteiger partial charge in [-0.3, -0.25) is 25.0 Å². The van der Waals surface area contributed by atoms with Crippen LogP contribution in [-0.4, -0.2) is 50.6 Å². The SMILES string of the molecule is CCC(C(O)CC(C(O)C/C=C\CCCCCCC[C]=O)[N+](=O)[O-])[N+](=O)[O-]. The van der Waals surface area contributed by atoms with E-state index < -0.39 is 40.6 Å². The molecule has 9 nitrogen and oxygen atoms in total. The molecule has 0 aliphatic rings. The van der Waals surface area contributed by atoms with Crippen LogP contribution in [-0.2, 0) is 4.79 Å². The van der Waals surface area contributed by atoms with Crippen molar-refractivity contribution in [3.63, 3.8) is 0 Å². The number of carbonyl (C=O) groups excluding carboxylic acids is 1. The van der Waals surface area contributed by atoms with Gasteiger partial charge in [0.15, 0.2) is 6.29 Å². The van der Waals surface area contributed by atoms with Crippen molar-refractivity contribution in [3.05, 3.63) is 32.4 Å². The van der Waals surface area contributed by atoms with Crippen molar-refractivity contribution in [3.8, 4) is 0 Å². The number of aliphatic hydroxyl groups is 2. The number of unbranched alkanes of at least 4 members (excludes halogenated alkanes) is 6. The van der Waals surface area contributed by atoms with Crippen molar-refractivity contribution >= 4 is 6.29 Å². The molecule has 0 heterocycles. The molecule has 0 aromatic heterocycles. The Morgan fingerprint density at radius 1 is 0.926 bits per heavy atom. The van der Waals surface area contributed by atoms with Gasteiger partial charge < -0.3 is 10.2 Å². The highest BCUT2D eigenvalue weighted by Crippen LogP contribution is 2.16. The van der Waals surface area contributed by atoms with E-state index in [2.05, 4.69) is 0 Å². The van der Waals surface area contributed by atoms with Gasteiger partial charge in [-0.05, 0) is 25.7 Å². The molecule has 0 aromatic rings. The highest BCUT2D eigenvalue weighted by molar-refractivity contribution is 5.50. The van der Waals surface area contributed by atoms with Gasteiger partial charge >= 0.3 is 0 Å². The highest BCUT2D eigenvalue weighted by Gasteiger charge is 2.37.